The average Bonchev–Trinajstić information content (AvgIpc) is 2.53. The highest BCUT2D eigenvalue weighted by Gasteiger charge is 2.30. The summed E-state index contributed by atoms with van der Waals surface area (Å²) < 4.78 is 37.6. The molecule has 0 saturated heterocycles. The van der Waals surface area contributed by atoms with E-state index in [4.69, 9.17) is 0 Å². The number of hydrogen-bond donors (Lipinski definition) is 2. The molecule has 138 valence electrons. The molecule has 26 heavy (non-hydrogen) atoms. The predicted molar refractivity (Wildman–Crippen MR) is 90.9 cm³/mol. The van der Waals surface area contributed by atoms with Crippen LogP contribution < -0.4 is 10.6 Å². The third-order valence-electron chi connectivity index (χ3n) is 3.17. The van der Waals surface area contributed by atoms with Gasteiger partial charge in [0.1, 0.15) is 11.4 Å². The lowest BCUT2D eigenvalue weighted by molar-refractivity contribution is -0.137. The monoisotopic (exact) mass is 365 g/mol. The number of nitrogens with one attached hydrogen (secondary N) is 2. The Hall–Kier alpha value is -2.90. The van der Waals surface area contributed by atoms with Gasteiger partial charge in [-0.3, -0.25) is 9.59 Å². The summed E-state index contributed by atoms with van der Waals surface area (Å²) in [6, 6.07) is 8.43. The number of carbonyl (C=O) groups excluding carboxylic acids is 2. The number of alkyl halides is 3. The third-order valence-corrected chi connectivity index (χ3v) is 3.17. The van der Waals surface area contributed by atoms with Crippen molar-refractivity contribution in [3.8, 4) is 0 Å². The molecule has 5 nitrogen and oxygen atoms in total. The van der Waals surface area contributed by atoms with Crippen molar-refractivity contribution in [1.29, 1.82) is 0 Å². The summed E-state index contributed by atoms with van der Waals surface area (Å²) in [5, 5.41) is 5.18. The Labute approximate surface area is 148 Å². The molecule has 0 spiro atoms. The SMILES string of the molecule is CC(C)(C)NC(=O)c1cccc(C(=O)Nc2ccc(C(F)(F)F)cc2)n1. The van der Waals surface area contributed by atoms with Gasteiger partial charge in [0.2, 0.25) is 0 Å². The number of benzene rings is 1. The second kappa shape index (κ2) is 7.15. The van der Waals surface area contributed by atoms with Crippen LogP contribution in [0.5, 0.6) is 0 Å². The number of anilines is 1. The van der Waals surface area contributed by atoms with Crippen LogP contribution >= 0.6 is 0 Å². The van der Waals surface area contributed by atoms with Crippen molar-refractivity contribution in [3.63, 3.8) is 0 Å². The van der Waals surface area contributed by atoms with Crippen LogP contribution in [0.1, 0.15) is 47.3 Å². The van der Waals surface area contributed by atoms with E-state index < -0.39 is 29.1 Å². The van der Waals surface area contributed by atoms with Crippen molar-refractivity contribution < 1.29 is 22.8 Å². The first kappa shape index (κ1) is 19.4. The van der Waals surface area contributed by atoms with E-state index in [0.29, 0.717) is 0 Å². The van der Waals surface area contributed by atoms with Gasteiger partial charge < -0.3 is 10.6 Å². The van der Waals surface area contributed by atoms with Gasteiger partial charge in [-0.15, -0.1) is 0 Å². The number of halogens is 3. The fraction of sp³-hybridized carbons (Fsp3) is 0.278. The Balaban J connectivity index is 2.13. The molecule has 0 aliphatic heterocycles. The molecule has 0 unspecified atom stereocenters. The van der Waals surface area contributed by atoms with Crippen molar-refractivity contribution in [1.82, 2.24) is 10.3 Å². The Morgan fingerprint density at radius 2 is 1.42 bits per heavy atom. The molecule has 8 heteroatoms. The summed E-state index contributed by atoms with van der Waals surface area (Å²) in [6.45, 7) is 5.43. The number of rotatable bonds is 3. The van der Waals surface area contributed by atoms with Crippen molar-refractivity contribution >= 4 is 17.5 Å². The van der Waals surface area contributed by atoms with E-state index in [-0.39, 0.29) is 17.1 Å². The second-order valence-electron chi connectivity index (χ2n) is 6.64. The van der Waals surface area contributed by atoms with Crippen LogP contribution in [-0.4, -0.2) is 22.3 Å². The molecule has 1 aromatic carbocycles. The number of carbonyl (C=O) groups is 2. The number of amides is 2. The topological polar surface area (TPSA) is 71.1 Å². The van der Waals surface area contributed by atoms with Crippen molar-refractivity contribution in [3.05, 3.63) is 59.4 Å². The minimum atomic E-state index is -4.45. The number of aromatic nitrogens is 1. The zero-order chi connectivity index (χ0) is 19.5. The van der Waals surface area contributed by atoms with E-state index in [2.05, 4.69) is 15.6 Å². The molecular weight excluding hydrogens is 347 g/mol. The maximum atomic E-state index is 12.5. The maximum Gasteiger partial charge on any atom is 0.416 e. The smallest absolute Gasteiger partial charge is 0.346 e. The molecule has 0 saturated carbocycles. The van der Waals surface area contributed by atoms with Crippen molar-refractivity contribution in [2.24, 2.45) is 0 Å². The highest BCUT2D eigenvalue weighted by molar-refractivity contribution is 6.03. The van der Waals surface area contributed by atoms with Crippen LogP contribution in [0.4, 0.5) is 18.9 Å². The van der Waals surface area contributed by atoms with Crippen molar-refractivity contribution in [2.45, 2.75) is 32.5 Å². The molecule has 0 fully saturated rings. The Morgan fingerprint density at radius 1 is 0.885 bits per heavy atom. The normalized spacial score (nSPS) is 11.8. The van der Waals surface area contributed by atoms with E-state index in [1.807, 2.05) is 20.8 Å². The van der Waals surface area contributed by atoms with Gasteiger partial charge in [0.15, 0.2) is 0 Å². The average molecular weight is 365 g/mol. The van der Waals surface area contributed by atoms with Gasteiger partial charge >= 0.3 is 6.18 Å². The van der Waals surface area contributed by atoms with Crippen LogP contribution in [0.25, 0.3) is 0 Å². The number of hydrogen-bond acceptors (Lipinski definition) is 3. The second-order valence-corrected chi connectivity index (χ2v) is 6.64. The van der Waals surface area contributed by atoms with Gasteiger partial charge in [0, 0.05) is 11.2 Å². The van der Waals surface area contributed by atoms with Gasteiger partial charge in [0.25, 0.3) is 11.8 Å². The van der Waals surface area contributed by atoms with Gasteiger partial charge in [-0.1, -0.05) is 6.07 Å². The highest BCUT2D eigenvalue weighted by atomic mass is 19.4. The fourth-order valence-electron chi connectivity index (χ4n) is 2.03. The molecule has 0 radical (unpaired) electrons. The Bertz CT molecular complexity index is 810. The molecule has 2 rings (SSSR count). The molecule has 0 bridgehead atoms. The molecule has 2 aromatic rings. The van der Waals surface area contributed by atoms with Crippen LogP contribution in [0.15, 0.2) is 42.5 Å². The first-order valence-corrected chi connectivity index (χ1v) is 7.74. The number of nitrogens with zero attached hydrogens (tertiary/aromatic N) is 1. The molecule has 2 N–H and O–H groups in total. The molecule has 0 aliphatic carbocycles. The minimum Gasteiger partial charge on any atom is -0.346 e. The Morgan fingerprint density at radius 3 is 1.92 bits per heavy atom. The molecule has 0 atom stereocenters. The van der Waals surface area contributed by atoms with Crippen LogP contribution in [0.2, 0.25) is 0 Å². The zero-order valence-corrected chi connectivity index (χ0v) is 14.4. The van der Waals surface area contributed by atoms with E-state index in [1.54, 1.807) is 0 Å². The number of pyridine rings is 1. The third kappa shape index (κ3) is 5.30. The highest BCUT2D eigenvalue weighted by Crippen LogP contribution is 2.29. The Kier molecular flexibility index (Phi) is 5.34. The summed E-state index contributed by atoms with van der Waals surface area (Å²) >= 11 is 0. The van der Waals surface area contributed by atoms with Gasteiger partial charge in [-0.25, -0.2) is 4.98 Å². The summed E-state index contributed by atoms with van der Waals surface area (Å²) in [7, 11) is 0. The largest absolute Gasteiger partial charge is 0.416 e. The van der Waals surface area contributed by atoms with Crippen LogP contribution in [-0.2, 0) is 6.18 Å². The quantitative estimate of drug-likeness (QED) is 0.867. The van der Waals surface area contributed by atoms with Crippen LogP contribution in [0, 0.1) is 0 Å². The minimum absolute atomic E-state index is 0.0218. The zero-order valence-electron chi connectivity index (χ0n) is 14.4. The first-order chi connectivity index (χ1) is 12.0. The van der Waals surface area contributed by atoms with Crippen LogP contribution in [0.3, 0.4) is 0 Å². The molecule has 1 aromatic heterocycles. The maximum absolute atomic E-state index is 12.5. The summed E-state index contributed by atoms with van der Waals surface area (Å²) in [6.07, 6.45) is -4.45. The molecule has 0 aliphatic rings. The van der Waals surface area contributed by atoms with E-state index in [0.717, 1.165) is 24.3 Å². The predicted octanol–water partition coefficient (Wildman–Crippen LogP) is 3.88. The standard InChI is InChI=1S/C18H18F3N3O2/c1-17(2,3)24-16(26)14-6-4-5-13(23-14)15(25)22-12-9-7-11(8-10-12)18(19,20)21/h4-10H,1-3H3,(H,22,25)(H,24,26). The molecule has 1 heterocycles. The molecular formula is C18H18F3N3O2. The lowest BCUT2D eigenvalue weighted by Gasteiger charge is -2.20. The van der Waals surface area contributed by atoms with Crippen molar-refractivity contribution in [2.75, 3.05) is 5.32 Å². The van der Waals surface area contributed by atoms with E-state index in [9.17, 15) is 22.8 Å². The summed E-state index contributed by atoms with van der Waals surface area (Å²) in [5.74, 6) is -1.06. The summed E-state index contributed by atoms with van der Waals surface area (Å²) in [4.78, 5) is 28.3. The van der Waals surface area contributed by atoms with Gasteiger partial charge in [0.05, 0.1) is 5.56 Å². The van der Waals surface area contributed by atoms with Gasteiger partial charge in [-0.2, -0.15) is 13.2 Å². The molecule has 2 amide bonds. The van der Waals surface area contributed by atoms with Gasteiger partial charge in [-0.05, 0) is 57.2 Å². The summed E-state index contributed by atoms with van der Waals surface area (Å²) in [5.41, 5.74) is -1.03. The lowest BCUT2D eigenvalue weighted by atomic mass is 10.1. The first-order valence-electron chi connectivity index (χ1n) is 7.74. The van der Waals surface area contributed by atoms with E-state index in [1.165, 1.54) is 18.2 Å². The lowest BCUT2D eigenvalue weighted by Crippen LogP contribution is -2.41. The van der Waals surface area contributed by atoms with E-state index >= 15 is 0 Å². The fourth-order valence-corrected chi connectivity index (χ4v) is 2.03.